The number of epoxide rings is 1. The van der Waals surface area contributed by atoms with Crippen LogP contribution in [0.15, 0.2) is 72.9 Å². The van der Waals surface area contributed by atoms with Crippen LogP contribution in [0.1, 0.15) is 155 Å². The highest BCUT2D eigenvalue weighted by atomic mass is 31.2. The molecule has 1 rings (SSSR count). The molecule has 0 aliphatic carbocycles. The molecule has 3 atom stereocenters. The zero-order valence-electron chi connectivity index (χ0n) is 32.8. The van der Waals surface area contributed by atoms with E-state index >= 15 is 0 Å². The van der Waals surface area contributed by atoms with Crippen molar-refractivity contribution in [1.29, 1.82) is 0 Å². The van der Waals surface area contributed by atoms with E-state index in [1.807, 2.05) is 12.2 Å². The Morgan fingerprint density at radius 1 is 0.585 bits per heavy atom. The second-order valence-corrected chi connectivity index (χ2v) is 14.9. The van der Waals surface area contributed by atoms with Gasteiger partial charge in [0.2, 0.25) is 0 Å². The van der Waals surface area contributed by atoms with Gasteiger partial charge in [0.1, 0.15) is 6.61 Å². The van der Waals surface area contributed by atoms with Gasteiger partial charge in [0, 0.05) is 12.8 Å². The van der Waals surface area contributed by atoms with E-state index in [0.717, 1.165) is 51.4 Å². The van der Waals surface area contributed by atoms with Gasteiger partial charge in [-0.25, -0.2) is 4.57 Å². The van der Waals surface area contributed by atoms with Crippen molar-refractivity contribution >= 4 is 19.8 Å². The third-order valence-electron chi connectivity index (χ3n) is 8.60. The summed E-state index contributed by atoms with van der Waals surface area (Å²) in [6, 6.07) is 0. The van der Waals surface area contributed by atoms with Crippen LogP contribution >= 0.6 is 7.82 Å². The normalized spacial score (nSPS) is 17.1. The van der Waals surface area contributed by atoms with Gasteiger partial charge in [0.15, 0.2) is 6.10 Å². The van der Waals surface area contributed by atoms with Gasteiger partial charge in [-0.1, -0.05) is 132 Å². The van der Waals surface area contributed by atoms with E-state index in [-0.39, 0.29) is 31.7 Å². The first-order chi connectivity index (χ1) is 25.7. The average Bonchev–Trinajstić information content (AvgIpc) is 3.88. The molecule has 0 aromatic heterocycles. The van der Waals surface area contributed by atoms with Gasteiger partial charge >= 0.3 is 19.8 Å². The maximum atomic E-state index is 12.4. The van der Waals surface area contributed by atoms with Crippen LogP contribution in [0.5, 0.6) is 0 Å². The molecule has 1 saturated heterocycles. The minimum Gasteiger partial charge on any atom is -0.462 e. The predicted molar refractivity (Wildman–Crippen MR) is 215 cm³/mol. The van der Waals surface area contributed by atoms with Crippen molar-refractivity contribution < 1.29 is 42.7 Å². The van der Waals surface area contributed by atoms with Crippen molar-refractivity contribution in [3.8, 4) is 0 Å². The predicted octanol–water partition coefficient (Wildman–Crippen LogP) is 11.3. The topological polar surface area (TPSA) is 132 Å². The molecule has 0 spiro atoms. The molecule has 2 N–H and O–H groups in total. The first-order valence-electron chi connectivity index (χ1n) is 20.4. The number of ether oxygens (including phenoxy) is 3. The third kappa shape index (κ3) is 33.7. The van der Waals surface area contributed by atoms with Crippen molar-refractivity contribution in [3.63, 3.8) is 0 Å². The van der Waals surface area contributed by atoms with E-state index in [2.05, 4.69) is 79.1 Å². The molecule has 1 fully saturated rings. The van der Waals surface area contributed by atoms with Crippen molar-refractivity contribution in [3.05, 3.63) is 72.9 Å². The van der Waals surface area contributed by atoms with Gasteiger partial charge in [0.05, 0.1) is 18.8 Å². The average molecular weight is 763 g/mol. The zero-order chi connectivity index (χ0) is 38.7. The first kappa shape index (κ1) is 48.5. The van der Waals surface area contributed by atoms with Gasteiger partial charge in [-0.15, -0.1) is 0 Å². The summed E-state index contributed by atoms with van der Waals surface area (Å²) in [6.07, 6.45) is 46.6. The number of hydrogen-bond donors (Lipinski definition) is 2. The molecule has 0 amide bonds. The molecule has 0 aromatic carbocycles. The maximum Gasteiger partial charge on any atom is 0.469 e. The summed E-state index contributed by atoms with van der Waals surface area (Å²) in [5.74, 6) is -1.03. The first-order valence-corrected chi connectivity index (χ1v) is 21.9. The Balaban J connectivity index is 2.17. The standard InChI is InChI=1S/C43H71O9P/c1-3-5-7-9-11-13-14-15-16-17-18-19-20-22-24-26-31-35-42(44)49-37-39(38-50-53(46,47)48)51-43(45)36-32-28-27-30-34-41-40(52-41)33-29-25-23-21-12-10-8-6-4-2/h12,15-16,18-19,21-22,24-25,27,29-30,39-41H,3-11,13-14,17,20,23,26,28,31-38H2,1-2H3,(H2,46,47,48)/b16-15-,19-18-,21-12-,24-22-,29-25-,30-27-/t39-,40?,41?/m1/s1. The SMILES string of the molecule is CCCCC/C=C\C/C=C\CC1OC1C/C=C\CCCC(=O)O[C@H](COC(=O)CCC/C=C\C/C=C\C/C=C\CCCCCCCC)COP(=O)(O)O. The number of carbonyl (C=O) groups excluding carboxylic acids is 2. The highest BCUT2D eigenvalue weighted by molar-refractivity contribution is 7.46. The fraction of sp³-hybridized carbons (Fsp3) is 0.674. The third-order valence-corrected chi connectivity index (χ3v) is 9.09. The summed E-state index contributed by atoms with van der Waals surface area (Å²) < 4.78 is 32.0. The van der Waals surface area contributed by atoms with Crippen molar-refractivity contribution in [1.82, 2.24) is 0 Å². The van der Waals surface area contributed by atoms with E-state index in [1.165, 1.54) is 57.8 Å². The molecule has 9 nitrogen and oxygen atoms in total. The largest absolute Gasteiger partial charge is 0.469 e. The number of unbranched alkanes of at least 4 members (excludes halogenated alkanes) is 11. The second-order valence-electron chi connectivity index (χ2n) is 13.6. The van der Waals surface area contributed by atoms with Crippen LogP contribution < -0.4 is 0 Å². The second kappa shape index (κ2) is 34.0. The molecule has 1 heterocycles. The molecule has 0 saturated carbocycles. The van der Waals surface area contributed by atoms with Gasteiger partial charge in [0.25, 0.3) is 0 Å². The highest BCUT2D eigenvalue weighted by Crippen LogP contribution is 2.36. The number of rotatable bonds is 35. The Morgan fingerprint density at radius 3 is 1.60 bits per heavy atom. The number of esters is 2. The minimum atomic E-state index is -4.79. The van der Waals surface area contributed by atoms with Crippen LogP contribution in [-0.4, -0.2) is 53.3 Å². The van der Waals surface area contributed by atoms with Crippen molar-refractivity contribution in [2.24, 2.45) is 0 Å². The fourth-order valence-electron chi connectivity index (χ4n) is 5.42. The molecular weight excluding hydrogens is 691 g/mol. The monoisotopic (exact) mass is 762 g/mol. The van der Waals surface area contributed by atoms with Crippen LogP contribution in [0.3, 0.4) is 0 Å². The molecule has 53 heavy (non-hydrogen) atoms. The van der Waals surface area contributed by atoms with Crippen LogP contribution in [-0.2, 0) is 32.9 Å². The Hall–Kier alpha value is -2.55. The summed E-state index contributed by atoms with van der Waals surface area (Å²) in [5, 5.41) is 0. The molecule has 0 aromatic rings. The summed E-state index contributed by atoms with van der Waals surface area (Å²) in [7, 11) is -4.79. The number of phosphoric acid groups is 1. The molecular formula is C43H71O9P. The van der Waals surface area contributed by atoms with Crippen molar-refractivity contribution in [2.75, 3.05) is 13.2 Å². The summed E-state index contributed by atoms with van der Waals surface area (Å²) in [6.45, 7) is 3.53. The number of hydrogen-bond acceptors (Lipinski definition) is 7. The summed E-state index contributed by atoms with van der Waals surface area (Å²) in [4.78, 5) is 42.8. The summed E-state index contributed by atoms with van der Waals surface area (Å²) in [5.41, 5.74) is 0. The molecule has 1 aliphatic heterocycles. The number of phosphoric ester groups is 1. The lowest BCUT2D eigenvalue weighted by Gasteiger charge is -2.18. The lowest BCUT2D eigenvalue weighted by atomic mass is 10.1. The number of allylic oxidation sites excluding steroid dienone is 10. The Bertz CT molecular complexity index is 1150. The van der Waals surface area contributed by atoms with E-state index in [0.29, 0.717) is 19.3 Å². The lowest BCUT2D eigenvalue weighted by molar-refractivity contribution is -0.161. The number of carbonyl (C=O) groups is 2. The van der Waals surface area contributed by atoms with E-state index in [9.17, 15) is 14.2 Å². The molecule has 10 heteroatoms. The Labute approximate surface area is 321 Å². The molecule has 0 bridgehead atoms. The molecule has 302 valence electrons. The van der Waals surface area contributed by atoms with E-state index in [1.54, 1.807) is 0 Å². The van der Waals surface area contributed by atoms with E-state index < -0.39 is 32.5 Å². The Kier molecular flexibility index (Phi) is 31.1. The minimum absolute atomic E-state index is 0.114. The van der Waals surface area contributed by atoms with Crippen LogP contribution in [0.25, 0.3) is 0 Å². The molecule has 1 aliphatic rings. The fourth-order valence-corrected chi connectivity index (χ4v) is 5.78. The Morgan fingerprint density at radius 2 is 1.02 bits per heavy atom. The summed E-state index contributed by atoms with van der Waals surface area (Å²) >= 11 is 0. The molecule has 2 unspecified atom stereocenters. The maximum absolute atomic E-state index is 12.4. The van der Waals surface area contributed by atoms with Gasteiger partial charge < -0.3 is 24.0 Å². The van der Waals surface area contributed by atoms with Gasteiger partial charge in [-0.3, -0.25) is 14.1 Å². The smallest absolute Gasteiger partial charge is 0.462 e. The highest BCUT2D eigenvalue weighted by Gasteiger charge is 2.36. The van der Waals surface area contributed by atoms with Crippen LogP contribution in [0, 0.1) is 0 Å². The van der Waals surface area contributed by atoms with Gasteiger partial charge in [-0.2, -0.15) is 0 Å². The van der Waals surface area contributed by atoms with E-state index in [4.69, 9.17) is 24.0 Å². The zero-order valence-corrected chi connectivity index (χ0v) is 33.7. The van der Waals surface area contributed by atoms with Gasteiger partial charge in [-0.05, 0) is 83.5 Å². The lowest BCUT2D eigenvalue weighted by Crippen LogP contribution is -2.29. The van der Waals surface area contributed by atoms with Crippen LogP contribution in [0.4, 0.5) is 0 Å². The quantitative estimate of drug-likeness (QED) is 0.0213. The van der Waals surface area contributed by atoms with Crippen LogP contribution in [0.2, 0.25) is 0 Å². The molecule has 0 radical (unpaired) electrons. The van der Waals surface area contributed by atoms with Crippen molar-refractivity contribution in [2.45, 2.75) is 173 Å².